The summed E-state index contributed by atoms with van der Waals surface area (Å²) in [6.45, 7) is 0. The highest BCUT2D eigenvalue weighted by molar-refractivity contribution is 6.02. The minimum absolute atomic E-state index is 0.0610. The van der Waals surface area contributed by atoms with Gasteiger partial charge in [0, 0.05) is 23.8 Å². The van der Waals surface area contributed by atoms with Crippen LogP contribution in [0.5, 0.6) is 0 Å². The topological polar surface area (TPSA) is 153 Å². The molecule has 0 saturated heterocycles. The van der Waals surface area contributed by atoms with E-state index in [-0.39, 0.29) is 5.91 Å². The number of carbonyl (C=O) groups excluding carboxylic acids is 1. The first kappa shape index (κ1) is 24.3. The molecule has 0 fully saturated rings. The van der Waals surface area contributed by atoms with Gasteiger partial charge in [0.1, 0.15) is 0 Å². The fourth-order valence-corrected chi connectivity index (χ4v) is 4.49. The predicted octanol–water partition coefficient (Wildman–Crippen LogP) is 4.12. The summed E-state index contributed by atoms with van der Waals surface area (Å²) >= 11 is 0. The third kappa shape index (κ3) is 5.65. The summed E-state index contributed by atoms with van der Waals surface area (Å²) in [5.41, 5.74) is 31.7. The number of amides is 1. The average molecular weight is 472 g/mol. The summed E-state index contributed by atoms with van der Waals surface area (Å²) in [6.07, 6.45) is 4.44. The van der Waals surface area contributed by atoms with E-state index in [0.29, 0.717) is 35.6 Å². The number of hydrogen-bond acceptors (Lipinski definition) is 6. The van der Waals surface area contributed by atoms with Crippen molar-refractivity contribution in [1.29, 1.82) is 0 Å². The molecule has 35 heavy (non-hydrogen) atoms. The number of nitrogens with two attached hydrogens (primary N) is 4. The smallest absolute Gasteiger partial charge is 0.224 e. The number of aliphatic hydroxyl groups is 1. The lowest BCUT2D eigenvalue weighted by Gasteiger charge is -2.17. The van der Waals surface area contributed by atoms with Crippen molar-refractivity contribution < 1.29 is 9.90 Å². The van der Waals surface area contributed by atoms with Gasteiger partial charge in [-0.2, -0.15) is 0 Å². The summed E-state index contributed by atoms with van der Waals surface area (Å²) in [4.78, 5) is 12.2. The molecule has 0 radical (unpaired) electrons. The maximum Gasteiger partial charge on any atom is 0.224 e. The Morgan fingerprint density at radius 1 is 0.857 bits per heavy atom. The predicted molar refractivity (Wildman–Crippen MR) is 144 cm³/mol. The molecule has 7 heteroatoms. The second kappa shape index (κ2) is 10.6. The first-order valence-electron chi connectivity index (χ1n) is 11.9. The molecule has 10 N–H and O–H groups in total. The van der Waals surface area contributed by atoms with Crippen molar-refractivity contribution in [3.8, 4) is 11.1 Å². The third-order valence-corrected chi connectivity index (χ3v) is 6.41. The quantitative estimate of drug-likeness (QED) is 0.159. The lowest BCUT2D eigenvalue weighted by atomic mass is 9.97. The molecule has 7 nitrogen and oxygen atoms in total. The molecule has 182 valence electrons. The van der Waals surface area contributed by atoms with Crippen molar-refractivity contribution in [2.45, 2.75) is 44.2 Å². The number of carbonyl (C=O) groups is 1. The number of unbranched alkanes of at least 4 members (excludes halogenated alkanes) is 2. The van der Waals surface area contributed by atoms with Gasteiger partial charge in [0.15, 0.2) is 0 Å². The number of benzene rings is 3. The Morgan fingerprint density at radius 3 is 2.11 bits per heavy atom. The van der Waals surface area contributed by atoms with E-state index >= 15 is 0 Å². The minimum Gasteiger partial charge on any atom is -0.399 e. The molecular formula is C28H33N5O2. The number of fused-ring (bicyclic) bond motifs is 3. The van der Waals surface area contributed by atoms with Crippen LogP contribution in [-0.4, -0.2) is 23.2 Å². The Balaban J connectivity index is 1.32. The average Bonchev–Trinajstić information content (AvgIpc) is 3.11. The standard InChI is InChI=1S/C28H33N5O2/c29-17-10-12-19-20-13-11-18(30)15-22(20)23(21(19)14-17)16-27(34)25(32)7-2-1-3-9-28(35)33-26-8-5-4-6-24(26)31/h4-6,8,10-16,25,27,34H,1-3,7,9,29-32H2,(H,33,35). The van der Waals surface area contributed by atoms with Crippen molar-refractivity contribution >= 4 is 34.2 Å². The Morgan fingerprint density at radius 2 is 1.49 bits per heavy atom. The Labute approximate surface area is 205 Å². The van der Waals surface area contributed by atoms with E-state index in [4.69, 9.17) is 22.9 Å². The Hall–Kier alpha value is -3.81. The van der Waals surface area contributed by atoms with E-state index in [9.17, 15) is 9.90 Å². The molecule has 1 amide bonds. The molecule has 0 heterocycles. The maximum atomic E-state index is 12.2. The van der Waals surface area contributed by atoms with Crippen LogP contribution in [0.3, 0.4) is 0 Å². The molecule has 2 atom stereocenters. The molecule has 2 unspecified atom stereocenters. The van der Waals surface area contributed by atoms with Gasteiger partial charge in [0.05, 0.1) is 17.5 Å². The van der Waals surface area contributed by atoms with Crippen LogP contribution < -0.4 is 28.3 Å². The molecule has 0 bridgehead atoms. The van der Waals surface area contributed by atoms with Gasteiger partial charge >= 0.3 is 0 Å². The molecule has 3 aromatic rings. The van der Waals surface area contributed by atoms with Crippen molar-refractivity contribution in [3.63, 3.8) is 0 Å². The van der Waals surface area contributed by atoms with Crippen molar-refractivity contribution in [2.24, 2.45) is 5.73 Å². The lowest BCUT2D eigenvalue weighted by molar-refractivity contribution is -0.116. The molecular weight excluding hydrogens is 438 g/mol. The van der Waals surface area contributed by atoms with Crippen LogP contribution in [-0.2, 0) is 4.79 Å². The summed E-state index contributed by atoms with van der Waals surface area (Å²) in [5, 5.41) is 13.7. The molecule has 1 aliphatic rings. The first-order valence-corrected chi connectivity index (χ1v) is 11.9. The number of nitrogens with one attached hydrogen (secondary N) is 1. The second-order valence-electron chi connectivity index (χ2n) is 9.08. The van der Waals surface area contributed by atoms with Crippen LogP contribution in [0.1, 0.15) is 43.2 Å². The number of anilines is 4. The molecule has 0 aromatic heterocycles. The van der Waals surface area contributed by atoms with E-state index in [0.717, 1.165) is 47.1 Å². The highest BCUT2D eigenvalue weighted by Gasteiger charge is 2.25. The van der Waals surface area contributed by atoms with Crippen LogP contribution in [0.15, 0.2) is 66.7 Å². The van der Waals surface area contributed by atoms with Gasteiger partial charge in [-0.25, -0.2) is 0 Å². The molecule has 3 aromatic carbocycles. The summed E-state index contributed by atoms with van der Waals surface area (Å²) in [6, 6.07) is 18.4. The van der Waals surface area contributed by atoms with Gasteiger partial charge in [-0.15, -0.1) is 0 Å². The van der Waals surface area contributed by atoms with Crippen molar-refractivity contribution in [2.75, 3.05) is 22.5 Å². The SMILES string of the molecule is Nc1ccc2c(c1)C(=CC(O)C(N)CCCCCC(=O)Nc1ccccc1N)c1cc(N)ccc1-2. The highest BCUT2D eigenvalue weighted by atomic mass is 16.3. The highest BCUT2D eigenvalue weighted by Crippen LogP contribution is 2.45. The number of rotatable bonds is 9. The van der Waals surface area contributed by atoms with Crippen molar-refractivity contribution in [3.05, 3.63) is 77.9 Å². The monoisotopic (exact) mass is 471 g/mol. The van der Waals surface area contributed by atoms with Gasteiger partial charge in [-0.3, -0.25) is 4.79 Å². The zero-order chi connectivity index (χ0) is 24.9. The van der Waals surface area contributed by atoms with E-state index in [1.165, 1.54) is 0 Å². The molecule has 4 rings (SSSR count). The normalized spacial score (nSPS) is 13.6. The van der Waals surface area contributed by atoms with Gasteiger partial charge in [-0.1, -0.05) is 37.1 Å². The minimum atomic E-state index is -0.823. The van der Waals surface area contributed by atoms with Gasteiger partial charge in [0.2, 0.25) is 5.91 Å². The van der Waals surface area contributed by atoms with Crippen LogP contribution in [0.4, 0.5) is 22.7 Å². The zero-order valence-electron chi connectivity index (χ0n) is 19.7. The number of aliphatic hydroxyl groups excluding tert-OH is 1. The van der Waals surface area contributed by atoms with E-state index in [1.807, 2.05) is 54.6 Å². The van der Waals surface area contributed by atoms with E-state index < -0.39 is 12.1 Å². The summed E-state index contributed by atoms with van der Waals surface area (Å²) in [5.74, 6) is -0.0610. The Kier molecular flexibility index (Phi) is 7.39. The van der Waals surface area contributed by atoms with Crippen LogP contribution >= 0.6 is 0 Å². The van der Waals surface area contributed by atoms with Gasteiger partial charge in [-0.05, 0) is 83.1 Å². The second-order valence-corrected chi connectivity index (χ2v) is 9.08. The van der Waals surface area contributed by atoms with Gasteiger partial charge < -0.3 is 33.4 Å². The lowest BCUT2D eigenvalue weighted by Crippen LogP contribution is -2.33. The summed E-state index contributed by atoms with van der Waals surface area (Å²) < 4.78 is 0. The fourth-order valence-electron chi connectivity index (χ4n) is 4.49. The van der Waals surface area contributed by atoms with E-state index in [1.54, 1.807) is 12.1 Å². The van der Waals surface area contributed by atoms with Gasteiger partial charge in [0.25, 0.3) is 0 Å². The number of nitrogen functional groups attached to an aromatic ring is 3. The first-order chi connectivity index (χ1) is 16.8. The van der Waals surface area contributed by atoms with Crippen LogP contribution in [0, 0.1) is 0 Å². The molecule has 0 aliphatic heterocycles. The fraction of sp³-hybridized carbons (Fsp3) is 0.250. The largest absolute Gasteiger partial charge is 0.399 e. The van der Waals surface area contributed by atoms with Crippen LogP contribution in [0.25, 0.3) is 16.7 Å². The summed E-state index contributed by atoms with van der Waals surface area (Å²) in [7, 11) is 0. The molecule has 1 aliphatic carbocycles. The van der Waals surface area contributed by atoms with Crippen molar-refractivity contribution in [1.82, 2.24) is 0 Å². The zero-order valence-corrected chi connectivity index (χ0v) is 19.7. The van der Waals surface area contributed by atoms with Crippen LogP contribution in [0.2, 0.25) is 0 Å². The molecule has 0 spiro atoms. The number of hydrogen-bond donors (Lipinski definition) is 6. The third-order valence-electron chi connectivity index (χ3n) is 6.41. The van der Waals surface area contributed by atoms with E-state index in [2.05, 4.69) is 5.32 Å². The maximum absolute atomic E-state index is 12.2. The number of para-hydroxylation sites is 2. The Bertz CT molecular complexity index is 1200. The molecule has 0 saturated carbocycles.